The first-order valence-electron chi connectivity index (χ1n) is 13.1. The Morgan fingerprint density at radius 3 is 2.71 bits per heavy atom. The molecule has 9 nitrogen and oxygen atoms in total. The molecule has 2 aromatic carbocycles. The van der Waals surface area contributed by atoms with Gasteiger partial charge >= 0.3 is 0 Å². The van der Waals surface area contributed by atoms with Gasteiger partial charge in [0.1, 0.15) is 12.1 Å². The number of nitrogens with zero attached hydrogens (tertiary/aromatic N) is 5. The molecule has 0 bridgehead atoms. The summed E-state index contributed by atoms with van der Waals surface area (Å²) in [6.07, 6.45) is 4.44. The number of amides is 2. The lowest BCUT2D eigenvalue weighted by Crippen LogP contribution is -2.47. The van der Waals surface area contributed by atoms with Crippen LogP contribution in [0.5, 0.6) is 0 Å². The van der Waals surface area contributed by atoms with Crippen molar-refractivity contribution >= 4 is 22.8 Å². The van der Waals surface area contributed by atoms with Crippen LogP contribution in [0.1, 0.15) is 35.7 Å². The number of hydrogen-bond donors (Lipinski definition) is 1. The molecule has 0 spiro atoms. The van der Waals surface area contributed by atoms with Gasteiger partial charge in [-0.3, -0.25) is 9.59 Å². The normalized spacial score (nSPS) is 16.0. The van der Waals surface area contributed by atoms with E-state index in [0.717, 1.165) is 40.7 Å². The van der Waals surface area contributed by atoms with Gasteiger partial charge in [0.25, 0.3) is 0 Å². The van der Waals surface area contributed by atoms with Crippen LogP contribution in [0.2, 0.25) is 0 Å². The predicted molar refractivity (Wildman–Crippen MR) is 144 cm³/mol. The second-order valence-electron chi connectivity index (χ2n) is 9.83. The number of nitrogens with one attached hydrogen (secondary N) is 1. The number of hydrogen-bond acceptors (Lipinski definition) is 5. The number of carbonyl (C=O) groups excluding carboxylic acids is 2. The third kappa shape index (κ3) is 5.62. The molecule has 2 aromatic heterocycles. The van der Waals surface area contributed by atoms with Crippen LogP contribution in [0.4, 0.5) is 0 Å². The summed E-state index contributed by atoms with van der Waals surface area (Å²) < 4.78 is 9.22. The number of carbonyl (C=O) groups is 2. The second-order valence-corrected chi connectivity index (χ2v) is 9.83. The summed E-state index contributed by atoms with van der Waals surface area (Å²) in [7, 11) is 1.89. The molecule has 2 amide bonds. The zero-order valence-electron chi connectivity index (χ0n) is 21.9. The Morgan fingerprint density at radius 2 is 1.95 bits per heavy atom. The first kappa shape index (κ1) is 25.7. The molecule has 1 fully saturated rings. The smallest absolute Gasteiger partial charge is 0.249 e. The number of fused-ring (bicyclic) bond motifs is 1. The number of benzene rings is 2. The van der Waals surface area contributed by atoms with Crippen LogP contribution in [0.15, 0.2) is 66.9 Å². The van der Waals surface area contributed by atoms with Crippen molar-refractivity contribution in [2.75, 3.05) is 19.7 Å². The lowest BCUT2D eigenvalue weighted by Gasteiger charge is -2.32. The minimum absolute atomic E-state index is 0.00523. The standard InChI is InChI=1S/C29H34N6O3/c1-21-9-3-4-10-22(21)15-17-34(27(36)20-35-25-13-6-5-12-24(25)31-32-35)28(26-14-7-16-33(26)2)29(37)30-19-23-11-8-18-38-23/h3-7,9-10,12-14,16,23,28H,8,11,15,17-20H2,1-2H3,(H,30,37). The molecule has 0 radical (unpaired) electrons. The van der Waals surface area contributed by atoms with Gasteiger partial charge in [-0.05, 0) is 61.6 Å². The largest absolute Gasteiger partial charge is 0.376 e. The van der Waals surface area contributed by atoms with E-state index in [2.05, 4.69) is 34.7 Å². The van der Waals surface area contributed by atoms with Crippen molar-refractivity contribution in [1.82, 2.24) is 29.8 Å². The lowest BCUT2D eigenvalue weighted by atomic mass is 10.0. The van der Waals surface area contributed by atoms with E-state index in [1.807, 2.05) is 66.3 Å². The molecule has 1 N–H and O–H groups in total. The molecule has 4 aromatic rings. The van der Waals surface area contributed by atoms with E-state index in [0.29, 0.717) is 26.1 Å². The van der Waals surface area contributed by atoms with E-state index >= 15 is 0 Å². The number of para-hydroxylation sites is 1. The average molecular weight is 515 g/mol. The van der Waals surface area contributed by atoms with Gasteiger partial charge in [0.15, 0.2) is 6.04 Å². The quantitative estimate of drug-likeness (QED) is 0.351. The number of aromatic nitrogens is 4. The van der Waals surface area contributed by atoms with E-state index in [-0.39, 0.29) is 24.5 Å². The number of aryl methyl sites for hydroxylation is 2. The van der Waals surface area contributed by atoms with Crippen molar-refractivity contribution < 1.29 is 14.3 Å². The SMILES string of the molecule is Cc1ccccc1CCN(C(=O)Cn1nnc2ccccc21)C(C(=O)NCC1CCCO1)c1cccn1C. The molecule has 1 aliphatic rings. The summed E-state index contributed by atoms with van der Waals surface area (Å²) in [4.78, 5) is 29.5. The first-order chi connectivity index (χ1) is 18.5. The Hall–Kier alpha value is -3.98. The molecule has 2 atom stereocenters. The first-order valence-corrected chi connectivity index (χ1v) is 13.1. The van der Waals surface area contributed by atoms with Crippen molar-refractivity contribution in [1.29, 1.82) is 0 Å². The van der Waals surface area contributed by atoms with Crippen LogP contribution >= 0.6 is 0 Å². The third-order valence-electron chi connectivity index (χ3n) is 7.26. The van der Waals surface area contributed by atoms with E-state index < -0.39 is 6.04 Å². The summed E-state index contributed by atoms with van der Waals surface area (Å²) in [5.74, 6) is -0.420. The molecular weight excluding hydrogens is 480 g/mol. The van der Waals surface area contributed by atoms with E-state index in [4.69, 9.17) is 4.74 Å². The maximum Gasteiger partial charge on any atom is 0.249 e. The van der Waals surface area contributed by atoms with E-state index in [9.17, 15) is 9.59 Å². The van der Waals surface area contributed by atoms with Gasteiger partial charge in [0.05, 0.1) is 11.6 Å². The number of rotatable bonds is 10. The summed E-state index contributed by atoms with van der Waals surface area (Å²) in [6.45, 7) is 3.56. The molecular formula is C29H34N6O3. The van der Waals surface area contributed by atoms with Crippen LogP contribution in [0, 0.1) is 6.92 Å². The van der Waals surface area contributed by atoms with Crippen LogP contribution < -0.4 is 5.32 Å². The van der Waals surface area contributed by atoms with Gasteiger partial charge in [-0.1, -0.05) is 41.6 Å². The van der Waals surface area contributed by atoms with Crippen LogP contribution in [0.3, 0.4) is 0 Å². The van der Waals surface area contributed by atoms with Gasteiger partial charge in [0.2, 0.25) is 11.8 Å². The average Bonchev–Trinajstić information content (AvgIpc) is 3.68. The fourth-order valence-corrected chi connectivity index (χ4v) is 5.09. The molecule has 198 valence electrons. The molecule has 0 aliphatic carbocycles. The molecule has 38 heavy (non-hydrogen) atoms. The van der Waals surface area contributed by atoms with Gasteiger partial charge in [-0.2, -0.15) is 0 Å². The molecule has 5 rings (SSSR count). The Balaban J connectivity index is 1.46. The molecule has 9 heteroatoms. The zero-order chi connectivity index (χ0) is 26.5. The Kier molecular flexibility index (Phi) is 7.83. The zero-order valence-corrected chi connectivity index (χ0v) is 21.9. The molecule has 0 saturated carbocycles. The fourth-order valence-electron chi connectivity index (χ4n) is 5.09. The highest BCUT2D eigenvalue weighted by molar-refractivity contribution is 5.89. The molecule has 1 aliphatic heterocycles. The topological polar surface area (TPSA) is 94.3 Å². The molecule has 2 unspecified atom stereocenters. The third-order valence-corrected chi connectivity index (χ3v) is 7.26. The summed E-state index contributed by atoms with van der Waals surface area (Å²) >= 11 is 0. The Morgan fingerprint density at radius 1 is 1.13 bits per heavy atom. The van der Waals surface area contributed by atoms with Crippen LogP contribution in [0.25, 0.3) is 11.0 Å². The minimum Gasteiger partial charge on any atom is -0.376 e. The van der Waals surface area contributed by atoms with Crippen molar-refractivity contribution in [2.45, 2.75) is 44.9 Å². The van der Waals surface area contributed by atoms with Crippen LogP contribution in [-0.4, -0.2) is 62.1 Å². The fraction of sp³-hybridized carbons (Fsp3) is 0.379. The maximum absolute atomic E-state index is 14.0. The van der Waals surface area contributed by atoms with Gasteiger partial charge in [-0.25, -0.2) is 4.68 Å². The molecule has 3 heterocycles. The minimum atomic E-state index is -0.803. The summed E-state index contributed by atoms with van der Waals surface area (Å²) in [5, 5.41) is 11.5. The Bertz CT molecular complexity index is 1400. The summed E-state index contributed by atoms with van der Waals surface area (Å²) in [5.41, 5.74) is 4.54. The predicted octanol–water partition coefficient (Wildman–Crippen LogP) is 3.19. The van der Waals surface area contributed by atoms with Crippen LogP contribution in [-0.2, 0) is 34.3 Å². The molecule has 1 saturated heterocycles. The van der Waals surface area contributed by atoms with E-state index in [1.54, 1.807) is 9.58 Å². The lowest BCUT2D eigenvalue weighted by molar-refractivity contribution is -0.141. The van der Waals surface area contributed by atoms with Gasteiger partial charge in [0, 0.05) is 38.6 Å². The maximum atomic E-state index is 14.0. The number of ether oxygens (including phenoxy) is 1. The van der Waals surface area contributed by atoms with Gasteiger partial charge < -0.3 is 19.5 Å². The van der Waals surface area contributed by atoms with Crippen molar-refractivity contribution in [3.63, 3.8) is 0 Å². The summed E-state index contributed by atoms with van der Waals surface area (Å²) in [6, 6.07) is 18.7. The van der Waals surface area contributed by atoms with Gasteiger partial charge in [-0.15, -0.1) is 5.10 Å². The van der Waals surface area contributed by atoms with Crippen molar-refractivity contribution in [3.8, 4) is 0 Å². The van der Waals surface area contributed by atoms with Crippen molar-refractivity contribution in [2.24, 2.45) is 7.05 Å². The van der Waals surface area contributed by atoms with E-state index in [1.165, 1.54) is 0 Å². The highest BCUT2D eigenvalue weighted by Crippen LogP contribution is 2.24. The van der Waals surface area contributed by atoms with Crippen molar-refractivity contribution in [3.05, 3.63) is 83.7 Å². The monoisotopic (exact) mass is 514 g/mol. The highest BCUT2D eigenvalue weighted by atomic mass is 16.5. The highest BCUT2D eigenvalue weighted by Gasteiger charge is 2.34. The second kappa shape index (κ2) is 11.6. The Labute approximate surface area is 222 Å².